The normalized spacial score (nSPS) is 12.0. The third kappa shape index (κ3) is 5.25. The van der Waals surface area contributed by atoms with Crippen LogP contribution in [0, 0.1) is 11.3 Å². The molecule has 4 aromatic rings. The predicted octanol–water partition coefficient (Wildman–Crippen LogP) is 6.43. The number of thiazole rings is 1. The molecule has 0 radical (unpaired) electrons. The average molecular weight is 576 g/mol. The largest absolute Gasteiger partial charge is 0.493 e. The average Bonchev–Trinajstić information content (AvgIpc) is 3.66. The van der Waals surface area contributed by atoms with Crippen LogP contribution in [-0.4, -0.2) is 38.9 Å². The van der Waals surface area contributed by atoms with E-state index in [1.54, 1.807) is 30.3 Å². The van der Waals surface area contributed by atoms with Gasteiger partial charge in [0.15, 0.2) is 28.8 Å². The lowest BCUT2D eigenvalue weighted by atomic mass is 10.0. The van der Waals surface area contributed by atoms with Crippen LogP contribution >= 0.6 is 22.9 Å². The van der Waals surface area contributed by atoms with Crippen LogP contribution in [0.3, 0.4) is 0 Å². The first-order valence-electron chi connectivity index (χ1n) is 11.8. The van der Waals surface area contributed by atoms with Gasteiger partial charge in [-0.15, -0.1) is 11.3 Å². The van der Waals surface area contributed by atoms with E-state index >= 15 is 0 Å². The summed E-state index contributed by atoms with van der Waals surface area (Å²) >= 11 is 7.58. The lowest BCUT2D eigenvalue weighted by molar-refractivity contribution is 0.103. The van der Waals surface area contributed by atoms with Crippen molar-refractivity contribution in [1.82, 2.24) is 4.98 Å². The van der Waals surface area contributed by atoms with Gasteiger partial charge in [0.25, 0.3) is 0 Å². The summed E-state index contributed by atoms with van der Waals surface area (Å²) in [6.45, 7) is 0.183. The number of fused-ring (bicyclic) bond motifs is 1. The van der Waals surface area contributed by atoms with Crippen molar-refractivity contribution in [2.24, 2.45) is 0 Å². The minimum absolute atomic E-state index is 0.183. The van der Waals surface area contributed by atoms with Crippen molar-refractivity contribution in [3.05, 3.63) is 81.3 Å². The minimum atomic E-state index is -0.337. The summed E-state index contributed by atoms with van der Waals surface area (Å²) in [6.07, 6.45) is 1.51. The van der Waals surface area contributed by atoms with Gasteiger partial charge in [-0.1, -0.05) is 11.6 Å². The van der Waals surface area contributed by atoms with Gasteiger partial charge in [0, 0.05) is 39.0 Å². The van der Waals surface area contributed by atoms with Gasteiger partial charge in [-0.3, -0.25) is 4.79 Å². The number of ether oxygens (including phenoxy) is 5. The SMILES string of the molecule is COc1cc(C(=O)c2cc(Cl)ccc2N/C=C(\C#N)c2nc(-c3ccc4c(c3)OCO4)cs2)cc(OC)c1OC. The summed E-state index contributed by atoms with van der Waals surface area (Å²) in [5, 5.41) is 15.7. The van der Waals surface area contributed by atoms with Crippen molar-refractivity contribution in [2.75, 3.05) is 33.4 Å². The van der Waals surface area contributed by atoms with Crippen LogP contribution in [0.2, 0.25) is 5.02 Å². The molecule has 5 rings (SSSR count). The first kappa shape index (κ1) is 26.9. The molecular formula is C29H22ClN3O6S. The Morgan fingerprint density at radius 1 is 1.05 bits per heavy atom. The number of nitrogens with zero attached hydrogens (tertiary/aromatic N) is 2. The second-order valence-corrected chi connectivity index (χ2v) is 9.65. The minimum Gasteiger partial charge on any atom is -0.493 e. The molecule has 0 spiro atoms. The Morgan fingerprint density at radius 2 is 1.80 bits per heavy atom. The molecule has 0 aliphatic carbocycles. The van der Waals surface area contributed by atoms with Gasteiger partial charge in [0.1, 0.15) is 16.6 Å². The van der Waals surface area contributed by atoms with Crippen molar-refractivity contribution in [3.8, 4) is 46.1 Å². The topological polar surface area (TPSA) is 112 Å². The molecular weight excluding hydrogens is 554 g/mol. The van der Waals surface area contributed by atoms with Gasteiger partial charge in [-0.25, -0.2) is 4.98 Å². The molecule has 0 saturated carbocycles. The van der Waals surface area contributed by atoms with Crippen LogP contribution in [-0.2, 0) is 0 Å². The van der Waals surface area contributed by atoms with Crippen LogP contribution < -0.4 is 29.0 Å². The predicted molar refractivity (Wildman–Crippen MR) is 152 cm³/mol. The number of hydrogen-bond acceptors (Lipinski definition) is 10. The van der Waals surface area contributed by atoms with Gasteiger partial charge in [0.05, 0.1) is 27.0 Å². The molecule has 40 heavy (non-hydrogen) atoms. The smallest absolute Gasteiger partial charge is 0.231 e. The van der Waals surface area contributed by atoms with E-state index in [1.165, 1.54) is 38.9 Å². The molecule has 11 heteroatoms. The quantitative estimate of drug-likeness (QED) is 0.178. The van der Waals surface area contributed by atoms with E-state index < -0.39 is 0 Å². The van der Waals surface area contributed by atoms with Gasteiger partial charge < -0.3 is 29.0 Å². The molecule has 202 valence electrons. The molecule has 0 unspecified atom stereocenters. The maximum absolute atomic E-state index is 13.6. The lowest BCUT2D eigenvalue weighted by Gasteiger charge is -2.15. The zero-order chi connectivity index (χ0) is 28.2. The Kier molecular flexibility index (Phi) is 7.77. The number of benzene rings is 3. The Hall–Kier alpha value is -4.72. The number of carbonyl (C=O) groups excluding carboxylic acids is 1. The zero-order valence-electron chi connectivity index (χ0n) is 21.6. The Labute approximate surface area is 239 Å². The number of aromatic nitrogens is 1. The van der Waals surface area contributed by atoms with E-state index in [2.05, 4.69) is 16.4 Å². The molecule has 0 bridgehead atoms. The van der Waals surface area contributed by atoms with Crippen LogP contribution in [0.25, 0.3) is 16.8 Å². The number of anilines is 1. The first-order chi connectivity index (χ1) is 19.4. The summed E-state index contributed by atoms with van der Waals surface area (Å²) < 4.78 is 27.0. The van der Waals surface area contributed by atoms with Gasteiger partial charge in [0.2, 0.25) is 12.5 Å². The zero-order valence-corrected chi connectivity index (χ0v) is 23.2. The molecule has 0 atom stereocenters. The number of rotatable bonds is 9. The molecule has 9 nitrogen and oxygen atoms in total. The molecule has 0 amide bonds. The highest BCUT2D eigenvalue weighted by molar-refractivity contribution is 7.11. The molecule has 3 aromatic carbocycles. The summed E-state index contributed by atoms with van der Waals surface area (Å²) in [7, 11) is 4.44. The maximum Gasteiger partial charge on any atom is 0.231 e. The number of allylic oxidation sites excluding steroid dienone is 1. The summed E-state index contributed by atoms with van der Waals surface area (Å²) in [6, 6.07) is 15.7. The Morgan fingerprint density at radius 3 is 2.50 bits per heavy atom. The van der Waals surface area contributed by atoms with E-state index in [0.29, 0.717) is 55.7 Å². The van der Waals surface area contributed by atoms with Gasteiger partial charge >= 0.3 is 0 Å². The fraction of sp³-hybridized carbons (Fsp3) is 0.138. The molecule has 1 aliphatic heterocycles. The molecule has 1 N–H and O–H groups in total. The maximum atomic E-state index is 13.6. The van der Waals surface area contributed by atoms with Gasteiger partial charge in [-0.2, -0.15) is 5.26 Å². The first-order valence-corrected chi connectivity index (χ1v) is 13.1. The van der Waals surface area contributed by atoms with Crippen molar-refractivity contribution in [2.45, 2.75) is 0 Å². The van der Waals surface area contributed by atoms with E-state index in [-0.39, 0.29) is 23.7 Å². The van der Waals surface area contributed by atoms with Crippen molar-refractivity contribution in [3.63, 3.8) is 0 Å². The highest BCUT2D eigenvalue weighted by Crippen LogP contribution is 2.40. The lowest BCUT2D eigenvalue weighted by Crippen LogP contribution is -2.07. The second kappa shape index (κ2) is 11.6. The Bertz CT molecular complexity index is 1650. The summed E-state index contributed by atoms with van der Waals surface area (Å²) in [5.74, 6) is 2.05. The molecule has 1 aliphatic rings. The number of nitrogens with one attached hydrogen (secondary N) is 1. The van der Waals surface area contributed by atoms with E-state index in [0.717, 1.165) is 5.56 Å². The van der Waals surface area contributed by atoms with Crippen LogP contribution in [0.5, 0.6) is 28.7 Å². The second-order valence-electron chi connectivity index (χ2n) is 8.35. The van der Waals surface area contributed by atoms with Crippen molar-refractivity contribution >= 4 is 40.0 Å². The molecule has 2 heterocycles. The fourth-order valence-electron chi connectivity index (χ4n) is 4.08. The third-order valence-electron chi connectivity index (χ3n) is 6.05. The molecule has 0 saturated heterocycles. The Balaban J connectivity index is 1.44. The number of ketones is 1. The van der Waals surface area contributed by atoms with E-state index in [9.17, 15) is 10.1 Å². The summed E-state index contributed by atoms with van der Waals surface area (Å²) in [4.78, 5) is 18.2. The highest BCUT2D eigenvalue weighted by atomic mass is 35.5. The summed E-state index contributed by atoms with van der Waals surface area (Å²) in [5.41, 5.74) is 2.87. The van der Waals surface area contributed by atoms with Crippen LogP contribution in [0.4, 0.5) is 5.69 Å². The molecule has 0 fully saturated rings. The number of nitriles is 1. The van der Waals surface area contributed by atoms with E-state index in [4.69, 9.17) is 35.3 Å². The standard InChI is InChI=1S/C29H22ClN3O6S/c1-35-25-9-17(10-26(36-2)28(25)37-3)27(34)20-11-19(30)5-6-21(20)32-13-18(12-31)29-33-22(14-40-29)16-4-7-23-24(8-16)39-15-38-23/h4-11,13-14,32H,15H2,1-3H3/b18-13+. The van der Waals surface area contributed by atoms with Crippen molar-refractivity contribution in [1.29, 1.82) is 5.26 Å². The van der Waals surface area contributed by atoms with Gasteiger partial charge in [-0.05, 0) is 48.5 Å². The highest BCUT2D eigenvalue weighted by Gasteiger charge is 2.21. The van der Waals surface area contributed by atoms with Crippen LogP contribution in [0.15, 0.2) is 60.1 Å². The van der Waals surface area contributed by atoms with E-state index in [1.807, 2.05) is 23.6 Å². The van der Waals surface area contributed by atoms with Crippen molar-refractivity contribution < 1.29 is 28.5 Å². The fourth-order valence-corrected chi connectivity index (χ4v) is 5.04. The number of methoxy groups -OCH3 is 3. The number of halogens is 1. The third-order valence-corrected chi connectivity index (χ3v) is 7.16. The number of carbonyl (C=O) groups is 1. The molecule has 1 aromatic heterocycles. The number of hydrogen-bond donors (Lipinski definition) is 1. The van der Waals surface area contributed by atoms with Crippen LogP contribution in [0.1, 0.15) is 20.9 Å². The monoisotopic (exact) mass is 575 g/mol.